The monoisotopic (exact) mass is 613 g/mol. The summed E-state index contributed by atoms with van der Waals surface area (Å²) < 4.78 is 69.9. The van der Waals surface area contributed by atoms with Crippen LogP contribution in [-0.4, -0.2) is 46.5 Å². The first kappa shape index (κ1) is 26.0. The number of nitrogens with one attached hydrogen (secondary N) is 1. The summed E-state index contributed by atoms with van der Waals surface area (Å²) in [5, 5.41) is 8.32. The lowest BCUT2D eigenvalue weighted by Gasteiger charge is -2.32. The Morgan fingerprint density at radius 1 is 1.05 bits per heavy atom. The van der Waals surface area contributed by atoms with Crippen molar-refractivity contribution in [1.29, 1.82) is 0 Å². The summed E-state index contributed by atoms with van der Waals surface area (Å²) in [7, 11) is -4.31. The van der Waals surface area contributed by atoms with Crippen LogP contribution in [0.3, 0.4) is 0 Å². The van der Waals surface area contributed by atoms with E-state index in [1.807, 2.05) is 24.3 Å². The molecule has 13 heteroatoms. The molecular formula is C24H20BrClF3N5O2S. The topological polar surface area (TPSA) is 79.6 Å². The van der Waals surface area contributed by atoms with Gasteiger partial charge < -0.3 is 5.32 Å². The summed E-state index contributed by atoms with van der Waals surface area (Å²) in [6.07, 6.45) is -2.37. The molecule has 1 aliphatic rings. The molecule has 0 atom stereocenters. The third-order valence-electron chi connectivity index (χ3n) is 6.19. The highest BCUT2D eigenvalue weighted by molar-refractivity contribution is 9.10. The van der Waals surface area contributed by atoms with E-state index in [0.29, 0.717) is 39.5 Å². The van der Waals surface area contributed by atoms with Gasteiger partial charge in [-0.3, -0.25) is 0 Å². The van der Waals surface area contributed by atoms with E-state index in [9.17, 15) is 21.6 Å². The van der Waals surface area contributed by atoms with E-state index >= 15 is 0 Å². The van der Waals surface area contributed by atoms with Crippen molar-refractivity contribution in [2.45, 2.75) is 30.0 Å². The Kier molecular flexibility index (Phi) is 6.94. The van der Waals surface area contributed by atoms with Gasteiger partial charge in [0, 0.05) is 35.8 Å². The van der Waals surface area contributed by atoms with E-state index < -0.39 is 26.7 Å². The molecule has 7 nitrogen and oxygen atoms in total. The Balaban J connectivity index is 1.38. The summed E-state index contributed by atoms with van der Waals surface area (Å²) >= 11 is 9.85. The molecule has 1 aliphatic heterocycles. The van der Waals surface area contributed by atoms with Gasteiger partial charge in [0.1, 0.15) is 5.82 Å². The number of hydrogen-bond acceptors (Lipinski definition) is 5. The van der Waals surface area contributed by atoms with Crippen molar-refractivity contribution in [2.24, 2.45) is 0 Å². The zero-order valence-corrected chi connectivity index (χ0v) is 22.2. The highest BCUT2D eigenvalue weighted by Crippen LogP contribution is 2.36. The van der Waals surface area contributed by atoms with Crippen molar-refractivity contribution in [3.05, 3.63) is 75.9 Å². The summed E-state index contributed by atoms with van der Waals surface area (Å²) in [6.45, 7) is 0.140. The molecule has 194 valence electrons. The van der Waals surface area contributed by atoms with Crippen LogP contribution < -0.4 is 5.32 Å². The van der Waals surface area contributed by atoms with Crippen molar-refractivity contribution < 1.29 is 21.6 Å². The molecule has 5 rings (SSSR count). The highest BCUT2D eigenvalue weighted by atomic mass is 79.9. The first-order valence-corrected chi connectivity index (χ1v) is 13.9. The minimum Gasteiger partial charge on any atom is -0.367 e. The molecule has 37 heavy (non-hydrogen) atoms. The largest absolute Gasteiger partial charge is 0.417 e. The molecule has 1 fully saturated rings. The molecule has 0 bridgehead atoms. The number of piperidine rings is 1. The maximum absolute atomic E-state index is 13.4. The lowest BCUT2D eigenvalue weighted by molar-refractivity contribution is -0.139. The summed E-state index contributed by atoms with van der Waals surface area (Å²) in [5.74, 6) is 0.634. The Labute approximate surface area is 224 Å². The van der Waals surface area contributed by atoms with E-state index in [1.165, 1.54) is 12.1 Å². The number of halogens is 5. The minimum atomic E-state index is -4.77. The third-order valence-corrected chi connectivity index (χ3v) is 9.04. The van der Waals surface area contributed by atoms with E-state index in [-0.39, 0.29) is 19.1 Å². The zero-order valence-electron chi connectivity index (χ0n) is 19.1. The number of aromatic nitrogens is 3. The van der Waals surface area contributed by atoms with Crippen LogP contribution in [0.4, 0.5) is 19.0 Å². The van der Waals surface area contributed by atoms with Crippen LogP contribution >= 0.6 is 27.5 Å². The number of anilines is 1. The second kappa shape index (κ2) is 9.90. The number of alkyl halides is 3. The van der Waals surface area contributed by atoms with Crippen molar-refractivity contribution in [3.8, 4) is 11.3 Å². The number of sulfonamides is 1. The van der Waals surface area contributed by atoms with Crippen LogP contribution in [0.5, 0.6) is 0 Å². The van der Waals surface area contributed by atoms with E-state index in [0.717, 1.165) is 22.0 Å². The maximum Gasteiger partial charge on any atom is 0.417 e. The van der Waals surface area contributed by atoms with Gasteiger partial charge in [0.25, 0.3) is 0 Å². The van der Waals surface area contributed by atoms with Crippen LogP contribution in [0.15, 0.2) is 70.2 Å². The number of benzene rings is 2. The fraction of sp³-hybridized carbons (Fsp3) is 0.250. The Morgan fingerprint density at radius 3 is 2.43 bits per heavy atom. The van der Waals surface area contributed by atoms with Gasteiger partial charge in [-0.2, -0.15) is 27.1 Å². The van der Waals surface area contributed by atoms with Gasteiger partial charge in [-0.15, -0.1) is 0 Å². The fourth-order valence-corrected chi connectivity index (χ4v) is 6.62. The van der Waals surface area contributed by atoms with Gasteiger partial charge >= 0.3 is 6.18 Å². The molecule has 3 heterocycles. The van der Waals surface area contributed by atoms with Crippen LogP contribution in [0.1, 0.15) is 18.4 Å². The first-order chi connectivity index (χ1) is 17.6. The number of hydrogen-bond donors (Lipinski definition) is 1. The Morgan fingerprint density at radius 2 is 1.73 bits per heavy atom. The normalized spacial score (nSPS) is 15.8. The van der Waals surface area contributed by atoms with Crippen LogP contribution in [0.25, 0.3) is 16.9 Å². The van der Waals surface area contributed by atoms with Crippen molar-refractivity contribution in [2.75, 3.05) is 18.4 Å². The van der Waals surface area contributed by atoms with E-state index in [1.54, 1.807) is 16.8 Å². The van der Waals surface area contributed by atoms with Gasteiger partial charge in [-0.1, -0.05) is 41.9 Å². The molecule has 0 aliphatic carbocycles. The second-order valence-electron chi connectivity index (χ2n) is 8.55. The number of fused-ring (bicyclic) bond motifs is 1. The second-order valence-corrected chi connectivity index (χ2v) is 11.7. The minimum absolute atomic E-state index is 0.0700. The van der Waals surface area contributed by atoms with Crippen LogP contribution in [0.2, 0.25) is 5.02 Å². The van der Waals surface area contributed by atoms with Gasteiger partial charge in [0.2, 0.25) is 10.0 Å². The van der Waals surface area contributed by atoms with Crippen LogP contribution in [0, 0.1) is 0 Å². The average Bonchev–Trinajstić information content (AvgIpc) is 3.25. The number of nitrogens with zero attached hydrogens (tertiary/aromatic N) is 4. The quantitative estimate of drug-likeness (QED) is 0.294. The Bertz CT molecular complexity index is 1570. The molecule has 0 saturated carbocycles. The third kappa shape index (κ3) is 5.07. The predicted octanol–water partition coefficient (Wildman–Crippen LogP) is 6.10. The molecule has 0 unspecified atom stereocenters. The van der Waals surface area contributed by atoms with Crippen molar-refractivity contribution >= 4 is 49.0 Å². The molecule has 4 aromatic rings. The molecule has 1 N–H and O–H groups in total. The van der Waals surface area contributed by atoms with E-state index in [4.69, 9.17) is 11.6 Å². The average molecular weight is 615 g/mol. The molecule has 0 spiro atoms. The number of rotatable bonds is 5. The lowest BCUT2D eigenvalue weighted by Crippen LogP contribution is -2.43. The molecule has 2 aromatic heterocycles. The smallest absolute Gasteiger partial charge is 0.367 e. The van der Waals surface area contributed by atoms with Gasteiger partial charge in [0.15, 0.2) is 5.65 Å². The first-order valence-electron chi connectivity index (χ1n) is 11.3. The Hall–Kier alpha value is -2.67. The molecule has 0 amide bonds. The SMILES string of the molecule is O=S(=O)(c1ccccc1C(F)(F)F)N1CCC(Nc2cc(-c3ccccc3Cl)nc3c(Br)cnn23)CC1. The summed E-state index contributed by atoms with van der Waals surface area (Å²) in [4.78, 5) is 3.95. The summed E-state index contributed by atoms with van der Waals surface area (Å²) in [6, 6.07) is 13.3. The van der Waals surface area contributed by atoms with Crippen molar-refractivity contribution in [1.82, 2.24) is 18.9 Å². The standard InChI is InChI=1S/C24H20BrClF3N5O2S/c25-18-14-30-34-22(13-20(32-23(18)34)16-5-1-3-7-19(16)26)31-15-9-11-33(12-10-15)37(35,36)21-8-4-2-6-17(21)24(27,28)29/h1-8,13-15,31H,9-12H2. The van der Waals surface area contributed by atoms with Crippen molar-refractivity contribution in [3.63, 3.8) is 0 Å². The summed E-state index contributed by atoms with van der Waals surface area (Å²) in [5.41, 5.74) is 0.784. The van der Waals surface area contributed by atoms with Crippen LogP contribution in [-0.2, 0) is 16.2 Å². The van der Waals surface area contributed by atoms with Gasteiger partial charge in [0.05, 0.1) is 26.8 Å². The van der Waals surface area contributed by atoms with Gasteiger partial charge in [-0.05, 0) is 47.0 Å². The van der Waals surface area contributed by atoms with E-state index in [2.05, 4.69) is 31.3 Å². The molecular weight excluding hydrogens is 595 g/mol. The lowest BCUT2D eigenvalue weighted by atomic mass is 10.1. The predicted molar refractivity (Wildman–Crippen MR) is 138 cm³/mol. The van der Waals surface area contributed by atoms with Gasteiger partial charge in [-0.25, -0.2) is 13.4 Å². The highest BCUT2D eigenvalue weighted by Gasteiger charge is 2.39. The molecule has 2 aromatic carbocycles. The molecule has 0 radical (unpaired) electrons. The fourth-order valence-electron chi connectivity index (χ4n) is 4.36. The zero-order chi connectivity index (χ0) is 26.4. The maximum atomic E-state index is 13.4. The molecule has 1 saturated heterocycles.